The summed E-state index contributed by atoms with van der Waals surface area (Å²) >= 11 is 0. The van der Waals surface area contributed by atoms with E-state index in [1.54, 1.807) is 12.4 Å². The third-order valence-electron chi connectivity index (χ3n) is 2.51. The van der Waals surface area contributed by atoms with E-state index in [0.29, 0.717) is 5.69 Å². The molecule has 0 radical (unpaired) electrons. The molecule has 17 heavy (non-hydrogen) atoms. The lowest BCUT2D eigenvalue weighted by Gasteiger charge is -2.06. The molecule has 2 aromatic rings. The molecule has 1 amide bonds. The lowest BCUT2D eigenvalue weighted by atomic mass is 10.0. The number of rotatable bonds is 3. The van der Waals surface area contributed by atoms with Crippen LogP contribution in [0.5, 0.6) is 0 Å². The summed E-state index contributed by atoms with van der Waals surface area (Å²) in [7, 11) is 0. The van der Waals surface area contributed by atoms with E-state index in [0.717, 1.165) is 16.7 Å². The lowest BCUT2D eigenvalue weighted by Crippen LogP contribution is -2.14. The number of nitrogen functional groups attached to an aromatic ring is 1. The number of benzene rings is 1. The Hall–Kier alpha value is -2.36. The second-order valence-electron chi connectivity index (χ2n) is 3.80. The van der Waals surface area contributed by atoms with Crippen molar-refractivity contribution in [3.8, 4) is 11.1 Å². The van der Waals surface area contributed by atoms with Gasteiger partial charge in [-0.1, -0.05) is 18.2 Å². The van der Waals surface area contributed by atoms with Crippen LogP contribution in [0.2, 0.25) is 0 Å². The minimum atomic E-state index is -0.383. The van der Waals surface area contributed by atoms with Crippen molar-refractivity contribution < 1.29 is 4.79 Å². The maximum atomic E-state index is 10.8. The predicted octanol–water partition coefficient (Wildman–Crippen LogP) is 1.36. The molecule has 4 nitrogen and oxygen atoms in total. The fourth-order valence-corrected chi connectivity index (χ4v) is 1.66. The molecule has 0 saturated carbocycles. The number of carbonyl (C=O) groups is 1. The summed E-state index contributed by atoms with van der Waals surface area (Å²) in [5.41, 5.74) is 14.3. The van der Waals surface area contributed by atoms with Crippen LogP contribution in [0.3, 0.4) is 0 Å². The largest absolute Gasteiger partial charge is 0.398 e. The third-order valence-corrected chi connectivity index (χ3v) is 2.51. The van der Waals surface area contributed by atoms with Crippen molar-refractivity contribution in [2.24, 2.45) is 5.73 Å². The van der Waals surface area contributed by atoms with Gasteiger partial charge in [-0.25, -0.2) is 0 Å². The second-order valence-corrected chi connectivity index (χ2v) is 3.80. The maximum absolute atomic E-state index is 10.8. The Bertz CT molecular complexity index is 538. The van der Waals surface area contributed by atoms with E-state index >= 15 is 0 Å². The van der Waals surface area contributed by atoms with Gasteiger partial charge in [-0.05, 0) is 23.3 Å². The first-order valence-corrected chi connectivity index (χ1v) is 5.24. The summed E-state index contributed by atoms with van der Waals surface area (Å²) in [6.45, 7) is 0. The summed E-state index contributed by atoms with van der Waals surface area (Å²) in [6, 6.07) is 9.38. The van der Waals surface area contributed by atoms with Gasteiger partial charge in [0.1, 0.15) is 0 Å². The molecule has 86 valence electrons. The minimum Gasteiger partial charge on any atom is -0.398 e. The molecule has 0 saturated heterocycles. The first-order valence-electron chi connectivity index (χ1n) is 5.24. The van der Waals surface area contributed by atoms with E-state index in [-0.39, 0.29) is 12.3 Å². The van der Waals surface area contributed by atoms with Crippen LogP contribution in [0.25, 0.3) is 11.1 Å². The molecule has 1 heterocycles. The molecule has 0 spiro atoms. The Morgan fingerprint density at radius 3 is 2.65 bits per heavy atom. The second kappa shape index (κ2) is 4.65. The van der Waals surface area contributed by atoms with E-state index in [4.69, 9.17) is 11.5 Å². The van der Waals surface area contributed by atoms with Crippen molar-refractivity contribution in [2.45, 2.75) is 6.42 Å². The zero-order chi connectivity index (χ0) is 12.3. The Balaban J connectivity index is 2.34. The Kier molecular flexibility index (Phi) is 3.05. The van der Waals surface area contributed by atoms with E-state index in [1.807, 2.05) is 30.3 Å². The molecule has 0 aliphatic carbocycles. The zero-order valence-electron chi connectivity index (χ0n) is 9.26. The molecular formula is C13H13N3O. The molecular weight excluding hydrogens is 214 g/mol. The van der Waals surface area contributed by atoms with Gasteiger partial charge in [-0.15, -0.1) is 0 Å². The van der Waals surface area contributed by atoms with Gasteiger partial charge in [-0.3, -0.25) is 9.78 Å². The first kappa shape index (κ1) is 11.1. The molecule has 0 bridgehead atoms. The fourth-order valence-electron chi connectivity index (χ4n) is 1.66. The summed E-state index contributed by atoms with van der Waals surface area (Å²) in [5.74, 6) is -0.383. The predicted molar refractivity (Wildman–Crippen MR) is 67.0 cm³/mol. The SMILES string of the molecule is NC(=O)Cc1ccc(-c2cccnc2)cc1N. The molecule has 4 N–H and O–H groups in total. The van der Waals surface area contributed by atoms with Crippen LogP contribution >= 0.6 is 0 Å². The number of nitrogens with zero attached hydrogens (tertiary/aromatic N) is 1. The molecule has 0 atom stereocenters. The Labute approximate surface area is 99.3 Å². The number of amides is 1. The van der Waals surface area contributed by atoms with Crippen LogP contribution < -0.4 is 11.5 Å². The molecule has 0 aliphatic rings. The van der Waals surface area contributed by atoms with Gasteiger partial charge in [0.25, 0.3) is 0 Å². The third kappa shape index (κ3) is 2.60. The number of aromatic nitrogens is 1. The molecule has 1 aromatic carbocycles. The number of primary amides is 1. The van der Waals surface area contributed by atoms with Gasteiger partial charge in [0.05, 0.1) is 6.42 Å². The van der Waals surface area contributed by atoms with Crippen LogP contribution in [-0.4, -0.2) is 10.9 Å². The standard InChI is InChI=1S/C13H13N3O/c14-12-6-9(11-2-1-5-16-8-11)3-4-10(12)7-13(15)17/h1-6,8H,7,14H2,(H2,15,17). The number of hydrogen-bond acceptors (Lipinski definition) is 3. The van der Waals surface area contributed by atoms with Crippen molar-refractivity contribution in [2.75, 3.05) is 5.73 Å². The van der Waals surface area contributed by atoms with Crippen molar-refractivity contribution >= 4 is 11.6 Å². The lowest BCUT2D eigenvalue weighted by molar-refractivity contribution is -0.117. The van der Waals surface area contributed by atoms with Gasteiger partial charge in [0.2, 0.25) is 5.91 Å². The average molecular weight is 227 g/mol. The first-order chi connectivity index (χ1) is 8.16. The van der Waals surface area contributed by atoms with Crippen molar-refractivity contribution in [1.29, 1.82) is 0 Å². The van der Waals surface area contributed by atoms with Gasteiger partial charge >= 0.3 is 0 Å². The highest BCUT2D eigenvalue weighted by Gasteiger charge is 2.05. The highest BCUT2D eigenvalue weighted by atomic mass is 16.1. The van der Waals surface area contributed by atoms with Gasteiger partial charge in [-0.2, -0.15) is 0 Å². The summed E-state index contributed by atoms with van der Waals surface area (Å²) < 4.78 is 0. The molecule has 2 rings (SSSR count). The normalized spacial score (nSPS) is 10.1. The minimum absolute atomic E-state index is 0.166. The van der Waals surface area contributed by atoms with Crippen LogP contribution in [0.4, 0.5) is 5.69 Å². The Morgan fingerprint density at radius 2 is 2.06 bits per heavy atom. The summed E-state index contributed by atoms with van der Waals surface area (Å²) in [4.78, 5) is 14.9. The molecule has 0 unspecified atom stereocenters. The van der Waals surface area contributed by atoms with Crippen LogP contribution in [0, 0.1) is 0 Å². The van der Waals surface area contributed by atoms with Crippen LogP contribution in [-0.2, 0) is 11.2 Å². The maximum Gasteiger partial charge on any atom is 0.221 e. The van der Waals surface area contributed by atoms with Crippen molar-refractivity contribution in [1.82, 2.24) is 4.98 Å². The van der Waals surface area contributed by atoms with Gasteiger partial charge in [0, 0.05) is 23.6 Å². The molecule has 0 aliphatic heterocycles. The highest BCUT2D eigenvalue weighted by Crippen LogP contribution is 2.23. The van der Waals surface area contributed by atoms with E-state index < -0.39 is 0 Å². The number of nitrogens with two attached hydrogens (primary N) is 2. The monoisotopic (exact) mass is 227 g/mol. The quantitative estimate of drug-likeness (QED) is 0.777. The van der Waals surface area contributed by atoms with Crippen molar-refractivity contribution in [3.63, 3.8) is 0 Å². The van der Waals surface area contributed by atoms with Gasteiger partial charge < -0.3 is 11.5 Å². The van der Waals surface area contributed by atoms with Crippen LogP contribution in [0.1, 0.15) is 5.56 Å². The van der Waals surface area contributed by atoms with E-state index in [9.17, 15) is 4.79 Å². The fraction of sp³-hybridized carbons (Fsp3) is 0.0769. The van der Waals surface area contributed by atoms with Crippen LogP contribution in [0.15, 0.2) is 42.7 Å². The molecule has 4 heteroatoms. The topological polar surface area (TPSA) is 82.0 Å². The highest BCUT2D eigenvalue weighted by molar-refractivity contribution is 5.79. The average Bonchev–Trinajstić information content (AvgIpc) is 2.32. The zero-order valence-corrected chi connectivity index (χ0v) is 9.26. The number of hydrogen-bond donors (Lipinski definition) is 2. The van der Waals surface area contributed by atoms with E-state index in [1.165, 1.54) is 0 Å². The number of carbonyl (C=O) groups excluding carboxylic acids is 1. The summed E-state index contributed by atoms with van der Waals surface area (Å²) in [5, 5.41) is 0. The van der Waals surface area contributed by atoms with E-state index in [2.05, 4.69) is 4.98 Å². The summed E-state index contributed by atoms with van der Waals surface area (Å²) in [6.07, 6.45) is 3.65. The number of pyridine rings is 1. The van der Waals surface area contributed by atoms with Gasteiger partial charge in [0.15, 0.2) is 0 Å². The smallest absolute Gasteiger partial charge is 0.221 e. The number of anilines is 1. The molecule has 0 fully saturated rings. The van der Waals surface area contributed by atoms with Crippen molar-refractivity contribution in [3.05, 3.63) is 48.3 Å². The molecule has 1 aromatic heterocycles. The Morgan fingerprint density at radius 1 is 1.24 bits per heavy atom.